The van der Waals surface area contributed by atoms with Crippen LogP contribution in [-0.2, 0) is 38.2 Å². The molecular weight excluding hydrogens is 528 g/mol. The van der Waals surface area contributed by atoms with Crippen LogP contribution < -0.4 is 0 Å². The average molecular weight is 560 g/mol. The second-order valence-electron chi connectivity index (χ2n) is 9.96. The molecule has 0 aliphatic carbocycles. The number of aromatic nitrogens is 2. The Kier molecular flexibility index (Phi) is 8.39. The van der Waals surface area contributed by atoms with Crippen molar-refractivity contribution < 1.29 is 31.5 Å². The molecule has 11 heteroatoms. The lowest BCUT2D eigenvalue weighted by atomic mass is 10.1. The molecule has 0 radical (unpaired) electrons. The van der Waals surface area contributed by atoms with Crippen LogP contribution in [0.3, 0.4) is 0 Å². The predicted molar refractivity (Wildman–Crippen MR) is 139 cm³/mol. The number of ether oxygens (including phenoxy) is 2. The zero-order chi connectivity index (χ0) is 27.4. The number of carbonyl (C=O) groups is 1. The Morgan fingerprint density at radius 1 is 1.00 bits per heavy atom. The molecule has 0 N–H and O–H groups in total. The smallest absolute Gasteiger partial charge is 0.254 e. The first-order valence-corrected chi connectivity index (χ1v) is 14.7. The third kappa shape index (κ3) is 6.54. The molecule has 3 heterocycles. The fourth-order valence-electron chi connectivity index (χ4n) is 5.06. The summed E-state index contributed by atoms with van der Waals surface area (Å²) in [5, 5.41) is -0.192. The van der Waals surface area contributed by atoms with Crippen molar-refractivity contribution in [3.63, 3.8) is 0 Å². The Morgan fingerprint density at radius 2 is 1.69 bits per heavy atom. The molecule has 1 amide bonds. The molecule has 2 fully saturated rings. The number of hydrogen-bond acceptors (Lipinski definition) is 6. The molecule has 2 aromatic carbocycles. The fraction of sp³-hybridized carbons (Fsp3) is 0.429. The van der Waals surface area contributed by atoms with Gasteiger partial charge < -0.3 is 18.9 Å². The van der Waals surface area contributed by atoms with Gasteiger partial charge in [0.05, 0.1) is 42.9 Å². The van der Waals surface area contributed by atoms with Crippen LogP contribution in [0.1, 0.15) is 47.3 Å². The molecule has 0 bridgehead atoms. The van der Waals surface area contributed by atoms with Crippen molar-refractivity contribution in [2.24, 2.45) is 0 Å². The van der Waals surface area contributed by atoms with Gasteiger partial charge in [0.2, 0.25) is 15.0 Å². The lowest BCUT2D eigenvalue weighted by Gasteiger charge is -2.26. The summed E-state index contributed by atoms with van der Waals surface area (Å²) in [5.74, 6) is -1.93. The van der Waals surface area contributed by atoms with E-state index in [-0.39, 0.29) is 41.9 Å². The van der Waals surface area contributed by atoms with Gasteiger partial charge in [-0.25, -0.2) is 22.2 Å². The zero-order valence-corrected chi connectivity index (χ0v) is 22.3. The molecule has 0 saturated carbocycles. The van der Waals surface area contributed by atoms with Crippen molar-refractivity contribution in [1.29, 1.82) is 0 Å². The largest absolute Gasteiger partial charge is 0.376 e. The van der Waals surface area contributed by atoms with Crippen LogP contribution in [0.15, 0.2) is 59.9 Å². The molecule has 8 nitrogen and oxygen atoms in total. The molecule has 0 spiro atoms. The van der Waals surface area contributed by atoms with Gasteiger partial charge in [0.1, 0.15) is 11.6 Å². The number of amides is 1. The standard InChI is InChI=1S/C28H31F2N3O5S/c29-22-11-9-20(10-12-22)27(34)32(17-24-6-3-13-37-24)16-23-15-31-28(33(23)18-25-7-4-14-38-25)39(35,36)19-21-5-1-2-8-26(21)30/h1-2,5,8-12,15,24-25H,3-4,6-7,13-14,16-19H2/t24-,25-/m1/s1. The van der Waals surface area contributed by atoms with E-state index in [1.165, 1.54) is 48.7 Å². The van der Waals surface area contributed by atoms with Gasteiger partial charge >= 0.3 is 0 Å². The molecule has 0 unspecified atom stereocenters. The minimum Gasteiger partial charge on any atom is -0.376 e. The third-order valence-electron chi connectivity index (χ3n) is 7.07. The molecule has 208 valence electrons. The third-order valence-corrected chi connectivity index (χ3v) is 8.65. The van der Waals surface area contributed by atoms with Gasteiger partial charge in [-0.05, 0) is 56.0 Å². The predicted octanol–water partition coefficient (Wildman–Crippen LogP) is 4.14. The molecule has 2 saturated heterocycles. The van der Waals surface area contributed by atoms with Gasteiger partial charge in [-0.2, -0.15) is 0 Å². The van der Waals surface area contributed by atoms with Crippen molar-refractivity contribution in [2.45, 2.75) is 61.9 Å². The van der Waals surface area contributed by atoms with Crippen LogP contribution >= 0.6 is 0 Å². The van der Waals surface area contributed by atoms with Crippen LogP contribution in [0.5, 0.6) is 0 Å². The highest BCUT2D eigenvalue weighted by Crippen LogP contribution is 2.24. The molecule has 2 aliphatic rings. The zero-order valence-electron chi connectivity index (χ0n) is 21.5. The van der Waals surface area contributed by atoms with Crippen molar-refractivity contribution in [3.8, 4) is 0 Å². The number of carbonyl (C=O) groups excluding carboxylic acids is 1. The Bertz CT molecular complexity index is 1400. The SMILES string of the molecule is O=C(c1ccc(F)cc1)N(Cc1cnc(S(=O)(=O)Cc2ccccc2F)n1C[C@H]1CCCO1)C[C@H]1CCCO1. The Labute approximate surface area is 226 Å². The van der Waals surface area contributed by atoms with Crippen LogP contribution in [-0.4, -0.2) is 60.7 Å². The molecule has 39 heavy (non-hydrogen) atoms. The van der Waals surface area contributed by atoms with Crippen molar-refractivity contribution in [2.75, 3.05) is 19.8 Å². The van der Waals surface area contributed by atoms with E-state index in [1.54, 1.807) is 15.5 Å². The number of nitrogens with zero attached hydrogens (tertiary/aromatic N) is 3. The monoisotopic (exact) mass is 559 g/mol. The minimum atomic E-state index is -4.04. The molecule has 5 rings (SSSR count). The topological polar surface area (TPSA) is 90.7 Å². The summed E-state index contributed by atoms with van der Waals surface area (Å²) in [6.07, 6.45) is 4.39. The van der Waals surface area contributed by atoms with Crippen LogP contribution in [0.25, 0.3) is 0 Å². The molecule has 2 aliphatic heterocycles. The lowest BCUT2D eigenvalue weighted by Crippen LogP contribution is -2.38. The summed E-state index contributed by atoms with van der Waals surface area (Å²) in [4.78, 5) is 19.4. The minimum absolute atomic E-state index is 0.0530. The normalized spacial score (nSPS) is 19.4. The first kappa shape index (κ1) is 27.4. The number of sulfone groups is 1. The van der Waals surface area contributed by atoms with E-state index in [9.17, 15) is 22.0 Å². The summed E-state index contributed by atoms with van der Waals surface area (Å²) in [7, 11) is -4.04. The first-order chi connectivity index (χ1) is 18.8. The summed E-state index contributed by atoms with van der Waals surface area (Å²) >= 11 is 0. The highest BCUT2D eigenvalue weighted by molar-refractivity contribution is 7.90. The number of rotatable bonds is 10. The number of halogens is 2. The molecule has 1 aromatic heterocycles. The van der Waals surface area contributed by atoms with Gasteiger partial charge in [0.15, 0.2) is 0 Å². The van der Waals surface area contributed by atoms with Gasteiger partial charge in [-0.15, -0.1) is 0 Å². The highest BCUT2D eigenvalue weighted by atomic mass is 32.2. The van der Waals surface area contributed by atoms with E-state index in [2.05, 4.69) is 4.98 Å². The molecule has 3 aromatic rings. The van der Waals surface area contributed by atoms with Crippen LogP contribution in [0, 0.1) is 11.6 Å². The van der Waals surface area contributed by atoms with E-state index in [0.29, 0.717) is 31.0 Å². The quantitative estimate of drug-likeness (QED) is 0.371. The Hall–Kier alpha value is -3.15. The second kappa shape index (κ2) is 11.9. The van der Waals surface area contributed by atoms with Crippen LogP contribution in [0.4, 0.5) is 8.78 Å². The van der Waals surface area contributed by atoms with Crippen LogP contribution in [0.2, 0.25) is 0 Å². The molecule has 2 atom stereocenters. The summed E-state index contributed by atoms with van der Waals surface area (Å²) in [5.41, 5.74) is 0.871. The van der Waals surface area contributed by atoms with E-state index in [0.717, 1.165) is 25.7 Å². The van der Waals surface area contributed by atoms with Gasteiger partial charge in [-0.1, -0.05) is 18.2 Å². The number of hydrogen-bond donors (Lipinski definition) is 0. The van der Waals surface area contributed by atoms with Gasteiger partial charge in [0, 0.05) is 30.9 Å². The molecular formula is C28H31F2N3O5S. The van der Waals surface area contributed by atoms with Crippen molar-refractivity contribution >= 4 is 15.7 Å². The fourth-order valence-corrected chi connectivity index (χ4v) is 6.58. The second-order valence-corrected chi connectivity index (χ2v) is 11.8. The Balaban J connectivity index is 1.48. The van der Waals surface area contributed by atoms with Gasteiger partial charge in [0.25, 0.3) is 5.91 Å². The van der Waals surface area contributed by atoms with E-state index >= 15 is 0 Å². The summed E-state index contributed by atoms with van der Waals surface area (Å²) in [6.45, 7) is 1.78. The van der Waals surface area contributed by atoms with E-state index in [4.69, 9.17) is 9.47 Å². The maximum atomic E-state index is 14.3. The number of imidazole rings is 1. The highest BCUT2D eigenvalue weighted by Gasteiger charge is 2.30. The lowest BCUT2D eigenvalue weighted by molar-refractivity contribution is 0.0496. The first-order valence-electron chi connectivity index (χ1n) is 13.1. The average Bonchev–Trinajstić information content (AvgIpc) is 3.69. The summed E-state index contributed by atoms with van der Waals surface area (Å²) < 4.78 is 67.9. The maximum Gasteiger partial charge on any atom is 0.254 e. The van der Waals surface area contributed by atoms with Gasteiger partial charge in [-0.3, -0.25) is 4.79 Å². The number of benzene rings is 2. The Morgan fingerprint density at radius 3 is 2.36 bits per heavy atom. The van der Waals surface area contributed by atoms with Crippen molar-refractivity contribution in [3.05, 3.63) is 83.2 Å². The maximum absolute atomic E-state index is 14.3. The summed E-state index contributed by atoms with van der Waals surface area (Å²) in [6, 6.07) is 11.1. The van der Waals surface area contributed by atoms with E-state index in [1.807, 2.05) is 0 Å². The van der Waals surface area contributed by atoms with Crippen molar-refractivity contribution in [1.82, 2.24) is 14.5 Å². The van der Waals surface area contributed by atoms with E-state index < -0.39 is 27.2 Å².